The molecule has 3 aromatic heterocycles. The van der Waals surface area contributed by atoms with Crippen molar-refractivity contribution in [2.24, 2.45) is 5.84 Å². The fraction of sp³-hybridized carbons (Fsp3) is 0.200. The Morgan fingerprint density at radius 3 is 2.49 bits per heavy atom. The molecule has 1 amide bonds. The molecule has 0 radical (unpaired) electrons. The zero-order chi connectivity index (χ0) is 26.9. The molecule has 0 bridgehead atoms. The van der Waals surface area contributed by atoms with E-state index in [9.17, 15) is 27.9 Å². The van der Waals surface area contributed by atoms with Gasteiger partial charge in [-0.3, -0.25) is 14.8 Å². The van der Waals surface area contributed by atoms with Crippen LogP contribution >= 0.6 is 23.2 Å². The van der Waals surface area contributed by atoms with Gasteiger partial charge in [-0.2, -0.15) is 17.9 Å². The number of nitrogens with zero attached hydrogens (tertiary/aromatic N) is 7. The molecule has 0 aliphatic carbocycles. The minimum Gasteiger partial charge on any atom is -0.382 e. The normalized spacial score (nSPS) is 12.5. The maximum atomic E-state index is 13.1. The summed E-state index contributed by atoms with van der Waals surface area (Å²) < 4.78 is 41.6. The van der Waals surface area contributed by atoms with Crippen molar-refractivity contribution in [3.63, 3.8) is 0 Å². The lowest BCUT2D eigenvalue weighted by Crippen LogP contribution is -2.37. The fourth-order valence-electron chi connectivity index (χ4n) is 3.25. The molecule has 4 aromatic rings. The van der Waals surface area contributed by atoms with Crippen molar-refractivity contribution in [2.45, 2.75) is 25.4 Å². The number of pyridine rings is 1. The number of rotatable bonds is 7. The lowest BCUT2D eigenvalue weighted by Gasteiger charge is -2.15. The number of hydrogen-bond acceptors (Lipinski definition) is 8. The maximum absolute atomic E-state index is 13.1. The van der Waals surface area contributed by atoms with E-state index in [1.807, 2.05) is 5.43 Å². The Hall–Kier alpha value is -3.79. The van der Waals surface area contributed by atoms with Gasteiger partial charge in [0.2, 0.25) is 5.82 Å². The number of carbonyl (C=O) groups is 1. The molecule has 0 fully saturated rings. The summed E-state index contributed by atoms with van der Waals surface area (Å²) in [6.07, 6.45) is -6.42. The van der Waals surface area contributed by atoms with E-state index in [4.69, 9.17) is 29.0 Å². The summed E-state index contributed by atoms with van der Waals surface area (Å²) in [5, 5.41) is 18.4. The number of nitrogens with two attached hydrogens (primary N) is 1. The van der Waals surface area contributed by atoms with E-state index in [1.54, 1.807) is 6.07 Å². The van der Waals surface area contributed by atoms with Gasteiger partial charge in [0, 0.05) is 16.8 Å². The highest BCUT2D eigenvalue weighted by Gasteiger charge is 2.39. The zero-order valence-electron chi connectivity index (χ0n) is 18.4. The number of benzene rings is 1. The van der Waals surface area contributed by atoms with Crippen LogP contribution in [0.3, 0.4) is 0 Å². The van der Waals surface area contributed by atoms with Crippen molar-refractivity contribution in [1.82, 2.24) is 39.5 Å². The van der Waals surface area contributed by atoms with Crippen LogP contribution in [0.4, 0.5) is 13.2 Å². The number of aliphatic hydroxyl groups is 1. The van der Waals surface area contributed by atoms with Crippen molar-refractivity contribution >= 4 is 29.1 Å². The molecule has 0 spiro atoms. The van der Waals surface area contributed by atoms with E-state index in [2.05, 4.69) is 20.2 Å². The Bertz CT molecular complexity index is 1500. The molecule has 1 atom stereocenters. The van der Waals surface area contributed by atoms with Crippen LogP contribution in [0.25, 0.3) is 17.2 Å². The second-order valence-electron chi connectivity index (χ2n) is 7.48. The van der Waals surface area contributed by atoms with Crippen LogP contribution in [0.15, 0.2) is 47.4 Å². The Labute approximate surface area is 215 Å². The lowest BCUT2D eigenvalue weighted by molar-refractivity contribution is -0.207. The van der Waals surface area contributed by atoms with E-state index < -0.39 is 37.0 Å². The molecular formula is C20H16Cl2F3N9O3. The third kappa shape index (κ3) is 5.48. The molecule has 17 heteroatoms. The van der Waals surface area contributed by atoms with Crippen molar-refractivity contribution in [1.29, 1.82) is 0 Å². The maximum Gasteiger partial charge on any atom is 0.416 e. The number of nitrogens with one attached hydrogen (secondary N) is 1. The first-order chi connectivity index (χ1) is 17.5. The molecule has 4 rings (SSSR count). The summed E-state index contributed by atoms with van der Waals surface area (Å²) in [5.74, 6) is 3.78. The van der Waals surface area contributed by atoms with Gasteiger partial charge in [-0.25, -0.2) is 25.3 Å². The molecule has 1 aromatic carbocycles. The molecule has 194 valence electrons. The lowest BCUT2D eigenvalue weighted by atomic mass is 10.2. The third-order valence-electron chi connectivity index (χ3n) is 4.97. The summed E-state index contributed by atoms with van der Waals surface area (Å²) in [6, 6.07) is 8.86. The highest BCUT2D eigenvalue weighted by Crippen LogP contribution is 2.24. The van der Waals surface area contributed by atoms with E-state index >= 15 is 0 Å². The van der Waals surface area contributed by atoms with Crippen LogP contribution in [0.2, 0.25) is 10.0 Å². The number of alkyl halides is 3. The topological polar surface area (TPSA) is 159 Å². The smallest absolute Gasteiger partial charge is 0.382 e. The quantitative estimate of drug-likeness (QED) is 0.175. The third-order valence-corrected chi connectivity index (χ3v) is 5.52. The Morgan fingerprint density at radius 2 is 1.86 bits per heavy atom. The van der Waals surface area contributed by atoms with Crippen LogP contribution in [-0.2, 0) is 13.1 Å². The average Bonchev–Trinajstić information content (AvgIpc) is 3.40. The van der Waals surface area contributed by atoms with Crippen molar-refractivity contribution in [3.05, 3.63) is 74.8 Å². The largest absolute Gasteiger partial charge is 0.416 e. The molecule has 0 saturated carbocycles. The molecule has 0 unspecified atom stereocenters. The molecule has 12 nitrogen and oxygen atoms in total. The van der Waals surface area contributed by atoms with Crippen LogP contribution in [0, 0.1) is 0 Å². The second-order valence-corrected chi connectivity index (χ2v) is 8.33. The van der Waals surface area contributed by atoms with Crippen LogP contribution in [0.1, 0.15) is 16.4 Å². The number of hydrogen-bond donors (Lipinski definition) is 3. The van der Waals surface area contributed by atoms with Crippen molar-refractivity contribution in [3.8, 4) is 17.2 Å². The second kappa shape index (κ2) is 10.3. The number of carbonyl (C=O) groups excluding carboxylic acids is 1. The summed E-state index contributed by atoms with van der Waals surface area (Å²) >= 11 is 12.0. The number of hydrazine groups is 1. The number of aliphatic hydroxyl groups excluding tert-OH is 1. The Morgan fingerprint density at radius 1 is 1.16 bits per heavy atom. The van der Waals surface area contributed by atoms with Crippen LogP contribution < -0.4 is 17.0 Å². The van der Waals surface area contributed by atoms with Gasteiger partial charge in [-0.1, -0.05) is 23.2 Å². The van der Waals surface area contributed by atoms with Gasteiger partial charge >= 0.3 is 17.8 Å². The molecule has 0 saturated heterocycles. The number of amides is 1. The van der Waals surface area contributed by atoms with Crippen molar-refractivity contribution in [2.75, 3.05) is 0 Å². The van der Waals surface area contributed by atoms with Crippen molar-refractivity contribution < 1.29 is 23.1 Å². The summed E-state index contributed by atoms with van der Waals surface area (Å²) in [4.78, 5) is 33.5. The fourth-order valence-corrected chi connectivity index (χ4v) is 3.57. The van der Waals surface area contributed by atoms with E-state index in [1.165, 1.54) is 36.5 Å². The minimum absolute atomic E-state index is 0.0366. The van der Waals surface area contributed by atoms with Gasteiger partial charge in [0.25, 0.3) is 0 Å². The molecule has 37 heavy (non-hydrogen) atoms. The number of halogens is 5. The van der Waals surface area contributed by atoms with Gasteiger partial charge < -0.3 is 5.11 Å². The zero-order valence-corrected chi connectivity index (χ0v) is 19.9. The van der Waals surface area contributed by atoms with Crippen LogP contribution in [-0.4, -0.2) is 57.4 Å². The summed E-state index contributed by atoms with van der Waals surface area (Å²) in [5.41, 5.74) is 1.17. The van der Waals surface area contributed by atoms with E-state index in [0.717, 1.165) is 9.36 Å². The number of aromatic nitrogens is 7. The summed E-state index contributed by atoms with van der Waals surface area (Å²) in [7, 11) is 0. The minimum atomic E-state index is -4.98. The molecule has 0 aliphatic rings. The Balaban J connectivity index is 1.79. The van der Waals surface area contributed by atoms with Gasteiger partial charge in [0.1, 0.15) is 6.54 Å². The predicted molar refractivity (Wildman–Crippen MR) is 124 cm³/mol. The molecule has 3 heterocycles. The Kier molecular flexibility index (Phi) is 7.31. The highest BCUT2D eigenvalue weighted by atomic mass is 35.5. The molecule has 0 aliphatic heterocycles. The monoisotopic (exact) mass is 557 g/mol. The van der Waals surface area contributed by atoms with Gasteiger partial charge in [0.05, 0.1) is 11.6 Å². The first-order valence-electron chi connectivity index (χ1n) is 10.3. The SMILES string of the molecule is NNC(=O)c1nc(Cn2nc(-c3ccc(Cl)cc3)n(C[C@H](O)C(F)(F)F)c2=O)nn1-c1ncccc1Cl. The first kappa shape index (κ1) is 26.3. The van der Waals surface area contributed by atoms with Gasteiger partial charge in [0.15, 0.2) is 23.6 Å². The van der Waals surface area contributed by atoms with Crippen LogP contribution in [0.5, 0.6) is 0 Å². The van der Waals surface area contributed by atoms with Gasteiger partial charge in [-0.15, -0.1) is 10.2 Å². The predicted octanol–water partition coefficient (Wildman–Crippen LogP) is 1.57. The number of nitrogen functional groups attached to an aromatic ring is 1. The standard InChI is InChI=1S/C20H16Cl2F3N9O3/c21-11-5-3-10(4-6-11)15-31-33(19(37)32(15)8-13(35)20(23,24)25)9-14-28-17(18(36)29-26)34(30-14)16-12(22)2-1-7-27-16/h1-7,13,35H,8-9,26H2,(H,29,36)/t13-/m0/s1. The van der Waals surface area contributed by atoms with Gasteiger partial charge in [-0.05, 0) is 36.4 Å². The summed E-state index contributed by atoms with van der Waals surface area (Å²) in [6.45, 7) is -1.58. The average molecular weight is 558 g/mol. The van der Waals surface area contributed by atoms with E-state index in [-0.39, 0.29) is 33.9 Å². The van der Waals surface area contributed by atoms with E-state index in [0.29, 0.717) is 9.59 Å². The molecular weight excluding hydrogens is 542 g/mol. The first-order valence-corrected chi connectivity index (χ1v) is 11.0. The molecule has 4 N–H and O–H groups in total. The highest BCUT2D eigenvalue weighted by molar-refractivity contribution is 6.32.